The monoisotopic (exact) mass is 230 g/mol. The minimum Gasteiger partial charge on any atom is -0.310 e. The summed E-state index contributed by atoms with van der Waals surface area (Å²) in [7, 11) is 0. The predicted molar refractivity (Wildman–Crippen MR) is 52.5 cm³/mol. The van der Waals surface area contributed by atoms with Crippen LogP contribution in [-0.2, 0) is 0 Å². The topological polar surface area (TPSA) is 73.7 Å². The molecule has 7 heteroatoms. The Hall–Kier alpha value is -0.280. The van der Waals surface area contributed by atoms with Crippen molar-refractivity contribution in [1.29, 1.82) is 0 Å². The second kappa shape index (κ2) is 2.75. The zero-order valence-electron chi connectivity index (χ0n) is 9.70. The van der Waals surface area contributed by atoms with Gasteiger partial charge in [0.25, 0.3) is 0 Å². The first-order valence-electron chi connectivity index (χ1n) is 5.52. The summed E-state index contributed by atoms with van der Waals surface area (Å²) in [6.07, 6.45) is -0.499. The molecule has 0 spiro atoms. The van der Waals surface area contributed by atoms with E-state index in [-0.39, 0.29) is 6.04 Å². The van der Waals surface area contributed by atoms with E-state index in [1.54, 1.807) is 13.8 Å². The quantitative estimate of drug-likeness (QED) is 0.520. The van der Waals surface area contributed by atoms with Gasteiger partial charge in [-0.2, -0.15) is 0 Å². The van der Waals surface area contributed by atoms with E-state index in [0.29, 0.717) is 13.1 Å². The number of nitrogens with zero attached hydrogens (tertiary/aromatic N) is 4. The molecule has 3 atom stereocenters. The molecule has 4 rings (SSSR count). The molecule has 7 nitrogen and oxygen atoms in total. The van der Waals surface area contributed by atoms with Gasteiger partial charge in [0.05, 0.1) is 0 Å². The highest BCUT2D eigenvalue weighted by molar-refractivity contribution is 5.11. The molecule has 4 aliphatic rings. The number of rotatable bonds is 0. The Morgan fingerprint density at radius 2 is 1.44 bits per heavy atom. The van der Waals surface area contributed by atoms with Crippen molar-refractivity contribution in [2.45, 2.75) is 44.3 Å². The minimum atomic E-state index is -0.858. The van der Waals surface area contributed by atoms with Gasteiger partial charge in [-0.15, -0.1) is 15.2 Å². The van der Waals surface area contributed by atoms with E-state index >= 15 is 0 Å². The van der Waals surface area contributed by atoms with Gasteiger partial charge in [0, 0.05) is 19.1 Å². The van der Waals surface area contributed by atoms with Crippen molar-refractivity contribution in [2.75, 3.05) is 13.1 Å². The van der Waals surface area contributed by atoms with Crippen molar-refractivity contribution in [3.63, 3.8) is 0 Å². The van der Waals surface area contributed by atoms with Crippen molar-refractivity contribution in [3.8, 4) is 0 Å². The number of piperazine rings is 3. The molecular formula is C9H18N4O3. The SMILES string of the molecule is CC1C2N(O)C3(C)CN1CC(C)(N2O)N3O. The Morgan fingerprint density at radius 3 is 1.88 bits per heavy atom. The molecule has 16 heavy (non-hydrogen) atoms. The van der Waals surface area contributed by atoms with Gasteiger partial charge < -0.3 is 15.6 Å². The van der Waals surface area contributed by atoms with Crippen LogP contribution in [0.4, 0.5) is 0 Å². The van der Waals surface area contributed by atoms with E-state index in [1.807, 2.05) is 6.92 Å². The summed E-state index contributed by atoms with van der Waals surface area (Å²) < 4.78 is 0. The highest BCUT2D eigenvalue weighted by Crippen LogP contribution is 2.47. The van der Waals surface area contributed by atoms with Gasteiger partial charge in [-0.3, -0.25) is 4.90 Å². The van der Waals surface area contributed by atoms with Crippen LogP contribution in [0.2, 0.25) is 0 Å². The van der Waals surface area contributed by atoms with E-state index in [1.165, 1.54) is 0 Å². The first kappa shape index (κ1) is 10.8. The first-order chi connectivity index (χ1) is 7.32. The van der Waals surface area contributed by atoms with Gasteiger partial charge >= 0.3 is 0 Å². The van der Waals surface area contributed by atoms with Crippen LogP contribution in [0.25, 0.3) is 0 Å². The Balaban J connectivity index is 2.12. The van der Waals surface area contributed by atoms with Crippen LogP contribution in [-0.4, -0.2) is 72.3 Å². The summed E-state index contributed by atoms with van der Waals surface area (Å²) in [4.78, 5) is 2.18. The molecule has 0 saturated carbocycles. The van der Waals surface area contributed by atoms with Crippen molar-refractivity contribution >= 4 is 0 Å². The molecular weight excluding hydrogens is 212 g/mol. The predicted octanol–water partition coefficient (Wildman–Crippen LogP) is -0.450. The standard InChI is InChI=1S/C9H18N4O3/c1-6-7-11(14)8(2)4-10(6)5-9(3,12(7)15)13(8)16/h6-7,14-16H,4-5H2,1-3H3. The molecule has 3 unspecified atom stereocenters. The van der Waals surface area contributed by atoms with Crippen LogP contribution in [0.1, 0.15) is 20.8 Å². The number of hydrogen-bond acceptors (Lipinski definition) is 7. The average Bonchev–Trinajstić information content (AvgIpc) is 2.21. The number of hydroxylamine groups is 6. The van der Waals surface area contributed by atoms with Crippen molar-refractivity contribution < 1.29 is 15.6 Å². The van der Waals surface area contributed by atoms with Crippen LogP contribution in [0.3, 0.4) is 0 Å². The molecule has 4 aliphatic heterocycles. The smallest absolute Gasteiger partial charge is 0.134 e. The van der Waals surface area contributed by atoms with E-state index in [0.717, 1.165) is 15.2 Å². The third kappa shape index (κ3) is 0.898. The molecule has 4 bridgehead atoms. The number of hydrogen-bond donors (Lipinski definition) is 3. The minimum absolute atomic E-state index is 0.0323. The molecule has 0 aromatic rings. The van der Waals surface area contributed by atoms with Crippen LogP contribution in [0, 0.1) is 0 Å². The van der Waals surface area contributed by atoms with E-state index in [2.05, 4.69) is 4.90 Å². The van der Waals surface area contributed by atoms with E-state index < -0.39 is 17.5 Å². The zero-order chi connectivity index (χ0) is 11.9. The van der Waals surface area contributed by atoms with E-state index in [4.69, 9.17) is 0 Å². The Labute approximate surface area is 93.9 Å². The highest BCUT2D eigenvalue weighted by atomic mass is 16.6. The highest BCUT2D eigenvalue weighted by Gasteiger charge is 2.68. The Bertz CT molecular complexity index is 317. The van der Waals surface area contributed by atoms with Crippen LogP contribution < -0.4 is 0 Å². The second-order valence-corrected chi connectivity index (χ2v) is 5.49. The van der Waals surface area contributed by atoms with Crippen LogP contribution in [0.15, 0.2) is 0 Å². The molecule has 4 heterocycles. The first-order valence-corrected chi connectivity index (χ1v) is 5.52. The summed E-state index contributed by atoms with van der Waals surface area (Å²) in [5.74, 6) is 0. The Kier molecular flexibility index (Phi) is 1.87. The van der Waals surface area contributed by atoms with Crippen molar-refractivity contribution in [2.24, 2.45) is 0 Å². The molecule has 3 N–H and O–H groups in total. The van der Waals surface area contributed by atoms with Crippen molar-refractivity contribution in [1.82, 2.24) is 20.1 Å². The van der Waals surface area contributed by atoms with Gasteiger partial charge in [0.2, 0.25) is 0 Å². The second-order valence-electron chi connectivity index (χ2n) is 5.49. The summed E-state index contributed by atoms with van der Waals surface area (Å²) in [6, 6.07) is 0.0323. The normalized spacial score (nSPS) is 58.5. The molecule has 4 fully saturated rings. The molecule has 4 saturated heterocycles. The lowest BCUT2D eigenvalue weighted by molar-refractivity contribution is -0.515. The lowest BCUT2D eigenvalue weighted by atomic mass is 9.87. The van der Waals surface area contributed by atoms with Gasteiger partial charge in [-0.05, 0) is 20.8 Å². The van der Waals surface area contributed by atoms with Gasteiger partial charge in [-0.25, -0.2) is 0 Å². The molecule has 92 valence electrons. The maximum Gasteiger partial charge on any atom is 0.134 e. The Morgan fingerprint density at radius 1 is 1.00 bits per heavy atom. The fourth-order valence-corrected chi connectivity index (χ4v) is 3.38. The lowest BCUT2D eigenvalue weighted by Crippen LogP contribution is -2.92. The molecule has 0 aromatic carbocycles. The van der Waals surface area contributed by atoms with Crippen molar-refractivity contribution in [3.05, 3.63) is 0 Å². The van der Waals surface area contributed by atoms with Crippen LogP contribution in [0.5, 0.6) is 0 Å². The van der Waals surface area contributed by atoms with E-state index in [9.17, 15) is 15.6 Å². The maximum absolute atomic E-state index is 10.2. The molecule has 0 aromatic heterocycles. The summed E-state index contributed by atoms with van der Waals surface area (Å²) in [5, 5.41) is 33.6. The van der Waals surface area contributed by atoms with Gasteiger partial charge in [-0.1, -0.05) is 0 Å². The van der Waals surface area contributed by atoms with Gasteiger partial charge in [0.15, 0.2) is 0 Å². The van der Waals surface area contributed by atoms with Gasteiger partial charge in [0.1, 0.15) is 17.5 Å². The summed E-state index contributed by atoms with van der Waals surface area (Å²) >= 11 is 0. The summed E-state index contributed by atoms with van der Waals surface area (Å²) in [5.41, 5.74) is -1.72. The average molecular weight is 230 g/mol. The van der Waals surface area contributed by atoms with Crippen LogP contribution >= 0.6 is 0 Å². The largest absolute Gasteiger partial charge is 0.310 e. The lowest BCUT2D eigenvalue weighted by Gasteiger charge is -2.71. The third-order valence-corrected chi connectivity index (χ3v) is 4.41. The molecule has 0 amide bonds. The molecule has 0 radical (unpaired) electrons. The zero-order valence-corrected chi connectivity index (χ0v) is 9.70. The summed E-state index contributed by atoms with van der Waals surface area (Å²) in [6.45, 7) is 6.61. The fraction of sp³-hybridized carbons (Fsp3) is 1.00. The third-order valence-electron chi connectivity index (χ3n) is 4.41. The maximum atomic E-state index is 10.2. The molecule has 0 aliphatic carbocycles. The fourth-order valence-electron chi connectivity index (χ4n) is 3.38.